The fraction of sp³-hybridized carbons (Fsp3) is 0. The van der Waals surface area contributed by atoms with Crippen molar-refractivity contribution in [2.24, 2.45) is 0 Å². The molecular weight excluding hydrogens is 147 g/mol. The van der Waals surface area contributed by atoms with Crippen molar-refractivity contribution < 1.29 is 17.5 Å². The maximum atomic E-state index is 8.52. The van der Waals surface area contributed by atoms with E-state index in [0.717, 1.165) is 0 Å². The second-order valence-corrected chi connectivity index (χ2v) is 1.22. The van der Waals surface area contributed by atoms with Gasteiger partial charge in [0.05, 0.1) is 0 Å². The standard InChI is InChI=1S/Al.Mg.H2O4S/c;;1-5(2,3)4/h;;(H2,1,2,3,4)/q;+2;/p-2. The summed E-state index contributed by atoms with van der Waals surface area (Å²) in [7, 11) is -5.17. The maximum absolute atomic E-state index is 8.52. The Hall–Kier alpha value is 1.17. The molecule has 7 heteroatoms. The van der Waals surface area contributed by atoms with Gasteiger partial charge in [0.15, 0.2) is 0 Å². The van der Waals surface area contributed by atoms with Crippen LogP contribution >= 0.6 is 0 Å². The van der Waals surface area contributed by atoms with Crippen LogP contribution in [-0.4, -0.2) is 57.9 Å². The summed E-state index contributed by atoms with van der Waals surface area (Å²) in [4.78, 5) is 0. The average Bonchev–Trinajstić information content (AvgIpc) is 0.722. The van der Waals surface area contributed by atoms with Crippen LogP contribution < -0.4 is 0 Å². The molecule has 0 saturated heterocycles. The number of hydrogen-bond donors (Lipinski definition) is 0. The van der Waals surface area contributed by atoms with Gasteiger partial charge in [0.1, 0.15) is 0 Å². The molecule has 0 heterocycles. The van der Waals surface area contributed by atoms with Gasteiger partial charge in [0.2, 0.25) is 0 Å². The third kappa shape index (κ3) is 140. The van der Waals surface area contributed by atoms with E-state index in [2.05, 4.69) is 0 Å². The Bertz CT molecular complexity index is 94.9. The van der Waals surface area contributed by atoms with Crippen LogP contribution in [0.1, 0.15) is 0 Å². The van der Waals surface area contributed by atoms with E-state index in [4.69, 9.17) is 17.5 Å². The minimum Gasteiger partial charge on any atom is -0.759 e. The fourth-order valence-corrected chi connectivity index (χ4v) is 0. The molecule has 0 aliphatic carbocycles. The molecule has 0 aromatic rings. The molecule has 7 heavy (non-hydrogen) atoms. The Morgan fingerprint density at radius 1 is 1.14 bits per heavy atom. The van der Waals surface area contributed by atoms with E-state index in [9.17, 15) is 0 Å². The summed E-state index contributed by atoms with van der Waals surface area (Å²) in [6.45, 7) is 0. The summed E-state index contributed by atoms with van der Waals surface area (Å²) >= 11 is 0. The molecule has 0 spiro atoms. The van der Waals surface area contributed by atoms with Crippen LogP contribution in [0.4, 0.5) is 0 Å². The molecule has 0 N–H and O–H groups in total. The minimum absolute atomic E-state index is 0. The Morgan fingerprint density at radius 3 is 1.14 bits per heavy atom. The van der Waals surface area contributed by atoms with Crippen molar-refractivity contribution in [2.75, 3.05) is 0 Å². The number of rotatable bonds is 0. The zero-order chi connectivity index (χ0) is 4.50. The fourth-order valence-electron chi connectivity index (χ4n) is 0. The molecule has 0 fully saturated rings. The van der Waals surface area contributed by atoms with Gasteiger partial charge in [0, 0.05) is 27.8 Å². The van der Waals surface area contributed by atoms with Gasteiger partial charge >= 0.3 is 23.1 Å². The molecule has 0 aromatic heterocycles. The minimum atomic E-state index is -5.17. The molecule has 0 saturated carbocycles. The molecule has 0 bridgehead atoms. The van der Waals surface area contributed by atoms with E-state index >= 15 is 0 Å². The summed E-state index contributed by atoms with van der Waals surface area (Å²) in [6.07, 6.45) is 0. The van der Waals surface area contributed by atoms with E-state index in [1.807, 2.05) is 0 Å². The summed E-state index contributed by atoms with van der Waals surface area (Å²) in [5, 5.41) is 0. The van der Waals surface area contributed by atoms with Crippen LogP contribution in [0.25, 0.3) is 0 Å². The third-order valence-electron chi connectivity index (χ3n) is 0. The van der Waals surface area contributed by atoms with Crippen LogP contribution in [0.5, 0.6) is 0 Å². The summed E-state index contributed by atoms with van der Waals surface area (Å²) < 4.78 is 34.1. The zero-order valence-corrected chi connectivity index (χ0v) is 6.71. The van der Waals surface area contributed by atoms with E-state index in [-0.39, 0.29) is 40.4 Å². The van der Waals surface area contributed by atoms with Crippen LogP contribution in [-0.2, 0) is 10.4 Å². The molecule has 0 atom stereocenters. The molecule has 0 aliphatic rings. The van der Waals surface area contributed by atoms with E-state index in [1.165, 1.54) is 0 Å². The molecule has 0 aliphatic heterocycles. The zero-order valence-electron chi connectivity index (χ0n) is 3.33. The van der Waals surface area contributed by atoms with Gasteiger partial charge in [-0.1, -0.05) is 0 Å². The van der Waals surface area contributed by atoms with Crippen molar-refractivity contribution in [3.05, 3.63) is 0 Å². The van der Waals surface area contributed by atoms with Crippen molar-refractivity contribution in [1.82, 2.24) is 0 Å². The van der Waals surface area contributed by atoms with Gasteiger partial charge in [-0.3, -0.25) is 8.42 Å². The topological polar surface area (TPSA) is 80.3 Å². The van der Waals surface area contributed by atoms with Crippen LogP contribution in [0, 0.1) is 0 Å². The second-order valence-electron chi connectivity index (χ2n) is 0.408. The van der Waals surface area contributed by atoms with Gasteiger partial charge in [-0.25, -0.2) is 0 Å². The molecule has 0 amide bonds. The molecule has 0 aromatic carbocycles. The first-order valence-corrected chi connectivity index (χ1v) is 2.00. The van der Waals surface area contributed by atoms with Gasteiger partial charge in [-0.2, -0.15) is 0 Å². The molecule has 35 valence electrons. The summed E-state index contributed by atoms with van der Waals surface area (Å²) in [6, 6.07) is 0. The van der Waals surface area contributed by atoms with Crippen LogP contribution in [0.2, 0.25) is 0 Å². The Morgan fingerprint density at radius 2 is 1.14 bits per heavy atom. The third-order valence-corrected chi connectivity index (χ3v) is 0. The second kappa shape index (κ2) is 5.31. The average molecular weight is 147 g/mol. The smallest absolute Gasteiger partial charge is 0.759 e. The summed E-state index contributed by atoms with van der Waals surface area (Å²) in [5.41, 5.74) is 0. The Balaban J connectivity index is -0.0000000800. The van der Waals surface area contributed by atoms with E-state index in [0.29, 0.717) is 0 Å². The molecule has 0 rings (SSSR count). The van der Waals surface area contributed by atoms with Gasteiger partial charge in [0.25, 0.3) is 0 Å². The van der Waals surface area contributed by atoms with Crippen LogP contribution in [0.15, 0.2) is 0 Å². The van der Waals surface area contributed by atoms with Crippen molar-refractivity contribution >= 4 is 50.8 Å². The predicted octanol–water partition coefficient (Wildman–Crippen LogP) is -2.10. The monoisotopic (exact) mass is 147 g/mol. The predicted molar refractivity (Wildman–Crippen MR) is 22.0 cm³/mol. The Kier molecular flexibility index (Phi) is 11.9. The van der Waals surface area contributed by atoms with Crippen molar-refractivity contribution in [2.45, 2.75) is 0 Å². The first-order chi connectivity index (χ1) is 2.00. The number of hydrogen-bond acceptors (Lipinski definition) is 4. The maximum Gasteiger partial charge on any atom is 2.00 e. The molecule has 3 radical (unpaired) electrons. The van der Waals surface area contributed by atoms with E-state index < -0.39 is 10.4 Å². The van der Waals surface area contributed by atoms with Gasteiger partial charge < -0.3 is 9.11 Å². The van der Waals surface area contributed by atoms with Crippen molar-refractivity contribution in [3.8, 4) is 0 Å². The SMILES string of the molecule is O=S(=O)([O-])[O-].[Al].[Mg+2]. The first-order valence-electron chi connectivity index (χ1n) is 0.667. The Labute approximate surface area is 68.1 Å². The van der Waals surface area contributed by atoms with Crippen LogP contribution in [0.3, 0.4) is 0 Å². The van der Waals surface area contributed by atoms with Crippen molar-refractivity contribution in [3.63, 3.8) is 0 Å². The molecule has 4 nitrogen and oxygen atoms in total. The molecular formula is AlMgO4S. The van der Waals surface area contributed by atoms with E-state index in [1.54, 1.807) is 0 Å². The normalized spacial score (nSPS) is 8.29. The van der Waals surface area contributed by atoms with Gasteiger partial charge in [-0.05, 0) is 0 Å². The largest absolute Gasteiger partial charge is 2.00 e. The van der Waals surface area contributed by atoms with Crippen molar-refractivity contribution in [1.29, 1.82) is 0 Å². The van der Waals surface area contributed by atoms with Gasteiger partial charge in [-0.15, -0.1) is 0 Å². The molecule has 0 unspecified atom stereocenters. The quantitative estimate of drug-likeness (QED) is 0.223. The summed E-state index contributed by atoms with van der Waals surface area (Å²) in [5.74, 6) is 0. The first kappa shape index (κ1) is 15.7.